The van der Waals surface area contributed by atoms with E-state index in [4.69, 9.17) is 32.7 Å². The molecule has 0 fully saturated rings. The van der Waals surface area contributed by atoms with Crippen molar-refractivity contribution in [3.63, 3.8) is 0 Å². The molecule has 3 aromatic rings. The van der Waals surface area contributed by atoms with Crippen molar-refractivity contribution in [2.45, 2.75) is 13.0 Å². The van der Waals surface area contributed by atoms with Gasteiger partial charge in [-0.3, -0.25) is 4.79 Å². The number of carbonyl (C=O) groups excluding carboxylic acids is 1. The fourth-order valence-corrected chi connectivity index (χ4v) is 3.09. The average Bonchev–Trinajstić information content (AvgIpc) is 2.74. The molecule has 3 aromatic carbocycles. The minimum atomic E-state index is -0.210. The Bertz CT molecular complexity index is 1020. The minimum absolute atomic E-state index is 0.210. The fourth-order valence-electron chi connectivity index (χ4n) is 2.69. The van der Waals surface area contributed by atoms with E-state index in [9.17, 15) is 4.79 Å². The van der Waals surface area contributed by atoms with Crippen LogP contribution in [0.3, 0.4) is 0 Å². The second kappa shape index (κ2) is 10.7. The van der Waals surface area contributed by atoms with Crippen molar-refractivity contribution >= 4 is 35.3 Å². The molecule has 0 saturated carbocycles. The normalized spacial score (nSPS) is 10.8. The molecule has 7 heteroatoms. The monoisotopic (exact) mass is 442 g/mol. The van der Waals surface area contributed by atoms with Crippen molar-refractivity contribution in [2.75, 3.05) is 7.11 Å². The number of carbonyl (C=O) groups is 1. The lowest BCUT2D eigenvalue weighted by molar-refractivity contribution is -0.120. The maximum Gasteiger partial charge on any atom is 0.244 e. The lowest BCUT2D eigenvalue weighted by atomic mass is 10.1. The molecule has 0 atom stereocenters. The standard InChI is InChI=1S/C23H20Cl2N2O3/c1-29-21-12-18(14-26-27-22(28)13-16-5-3-2-4-6-16)11-20(25)23(21)30-15-17-7-9-19(24)10-8-17/h2-12,14H,13,15H2,1H3,(H,27,28)/b26-14-. The minimum Gasteiger partial charge on any atom is -0.493 e. The lowest BCUT2D eigenvalue weighted by Crippen LogP contribution is -2.19. The van der Waals surface area contributed by atoms with Crippen molar-refractivity contribution in [1.29, 1.82) is 0 Å². The van der Waals surface area contributed by atoms with Gasteiger partial charge in [-0.2, -0.15) is 5.10 Å². The number of amides is 1. The summed E-state index contributed by atoms with van der Waals surface area (Å²) in [6.07, 6.45) is 1.75. The SMILES string of the molecule is COc1cc(/C=N\NC(=O)Cc2ccccc2)cc(Cl)c1OCc1ccc(Cl)cc1. The summed E-state index contributed by atoms with van der Waals surface area (Å²) in [5.41, 5.74) is 5.03. The molecule has 5 nitrogen and oxygen atoms in total. The quantitative estimate of drug-likeness (QED) is 0.381. The van der Waals surface area contributed by atoms with Gasteiger partial charge in [0.2, 0.25) is 5.91 Å². The zero-order valence-corrected chi connectivity index (χ0v) is 17.8. The molecule has 3 rings (SSSR count). The molecule has 0 aromatic heterocycles. The van der Waals surface area contributed by atoms with Gasteiger partial charge in [0.25, 0.3) is 0 Å². The first-order valence-electron chi connectivity index (χ1n) is 9.16. The van der Waals surface area contributed by atoms with Crippen molar-refractivity contribution in [3.05, 3.63) is 93.5 Å². The van der Waals surface area contributed by atoms with E-state index < -0.39 is 0 Å². The highest BCUT2D eigenvalue weighted by molar-refractivity contribution is 6.32. The van der Waals surface area contributed by atoms with E-state index in [-0.39, 0.29) is 12.3 Å². The van der Waals surface area contributed by atoms with Gasteiger partial charge < -0.3 is 9.47 Å². The summed E-state index contributed by atoms with van der Waals surface area (Å²) in [5.74, 6) is 0.686. The van der Waals surface area contributed by atoms with Crippen LogP contribution in [0.4, 0.5) is 0 Å². The molecule has 0 unspecified atom stereocenters. The highest BCUT2D eigenvalue weighted by Gasteiger charge is 2.12. The third kappa shape index (κ3) is 6.24. The van der Waals surface area contributed by atoms with Gasteiger partial charge in [-0.1, -0.05) is 65.7 Å². The molecule has 30 heavy (non-hydrogen) atoms. The molecular weight excluding hydrogens is 423 g/mol. The van der Waals surface area contributed by atoms with Crippen molar-refractivity contribution in [3.8, 4) is 11.5 Å². The van der Waals surface area contributed by atoms with E-state index in [0.29, 0.717) is 33.7 Å². The van der Waals surface area contributed by atoms with Crippen LogP contribution < -0.4 is 14.9 Å². The van der Waals surface area contributed by atoms with E-state index in [1.165, 1.54) is 13.3 Å². The van der Waals surface area contributed by atoms with E-state index in [2.05, 4.69) is 10.5 Å². The number of nitrogens with one attached hydrogen (secondary N) is 1. The molecule has 0 aliphatic carbocycles. The van der Waals surface area contributed by atoms with Gasteiger partial charge in [-0.25, -0.2) is 5.43 Å². The number of rotatable bonds is 8. The first kappa shape index (κ1) is 21.7. The highest BCUT2D eigenvalue weighted by Crippen LogP contribution is 2.36. The largest absolute Gasteiger partial charge is 0.493 e. The van der Waals surface area contributed by atoms with Gasteiger partial charge >= 0.3 is 0 Å². The van der Waals surface area contributed by atoms with Gasteiger partial charge in [0.05, 0.1) is 24.8 Å². The molecule has 0 aliphatic rings. The molecule has 1 amide bonds. The van der Waals surface area contributed by atoms with Crippen LogP contribution in [0.25, 0.3) is 0 Å². The van der Waals surface area contributed by atoms with Crippen LogP contribution in [-0.4, -0.2) is 19.2 Å². The Labute approximate surface area is 185 Å². The average molecular weight is 443 g/mol. The van der Waals surface area contributed by atoms with Gasteiger partial charge in [-0.05, 0) is 41.0 Å². The first-order valence-corrected chi connectivity index (χ1v) is 9.91. The molecule has 0 radical (unpaired) electrons. The summed E-state index contributed by atoms with van der Waals surface area (Å²) in [4.78, 5) is 12.0. The number of nitrogens with zero attached hydrogens (tertiary/aromatic N) is 1. The summed E-state index contributed by atoms with van der Waals surface area (Å²) in [6.45, 7) is 0.316. The molecule has 1 N–H and O–H groups in total. The maximum atomic E-state index is 12.0. The van der Waals surface area contributed by atoms with Crippen LogP contribution >= 0.6 is 23.2 Å². The van der Waals surface area contributed by atoms with E-state index in [0.717, 1.165) is 11.1 Å². The number of benzene rings is 3. The molecule has 154 valence electrons. The summed E-state index contributed by atoms with van der Waals surface area (Å²) < 4.78 is 11.2. The number of hydrogen-bond donors (Lipinski definition) is 1. The van der Waals surface area contributed by atoms with Crippen molar-refractivity contribution in [2.24, 2.45) is 5.10 Å². The zero-order valence-electron chi connectivity index (χ0n) is 16.3. The molecular formula is C23H20Cl2N2O3. The van der Waals surface area contributed by atoms with Crippen molar-refractivity contribution in [1.82, 2.24) is 5.43 Å². The topological polar surface area (TPSA) is 59.9 Å². The van der Waals surface area contributed by atoms with E-state index in [1.54, 1.807) is 24.3 Å². The van der Waals surface area contributed by atoms with Gasteiger partial charge in [0.1, 0.15) is 6.61 Å². The Morgan fingerprint density at radius 2 is 1.77 bits per heavy atom. The van der Waals surface area contributed by atoms with Crippen LogP contribution in [0.2, 0.25) is 10.0 Å². The van der Waals surface area contributed by atoms with Crippen LogP contribution in [0.1, 0.15) is 16.7 Å². The van der Waals surface area contributed by atoms with Gasteiger partial charge in [0.15, 0.2) is 11.5 Å². The molecule has 0 heterocycles. The molecule has 0 spiro atoms. The molecule has 0 aliphatic heterocycles. The third-order valence-corrected chi connectivity index (χ3v) is 4.69. The van der Waals surface area contributed by atoms with Crippen LogP contribution in [0.15, 0.2) is 71.8 Å². The lowest BCUT2D eigenvalue weighted by Gasteiger charge is -2.13. The second-order valence-electron chi connectivity index (χ2n) is 6.40. The number of hydrogen-bond acceptors (Lipinski definition) is 4. The zero-order chi connectivity index (χ0) is 21.3. The molecule has 0 bridgehead atoms. The van der Waals surface area contributed by atoms with E-state index in [1.807, 2.05) is 42.5 Å². The van der Waals surface area contributed by atoms with Crippen LogP contribution in [-0.2, 0) is 17.8 Å². The predicted molar refractivity (Wildman–Crippen MR) is 120 cm³/mol. The van der Waals surface area contributed by atoms with Gasteiger partial charge in [0, 0.05) is 5.02 Å². The Morgan fingerprint density at radius 1 is 1.03 bits per heavy atom. The number of hydrazone groups is 1. The van der Waals surface area contributed by atoms with Crippen molar-refractivity contribution < 1.29 is 14.3 Å². The Kier molecular flexibility index (Phi) is 7.71. The van der Waals surface area contributed by atoms with Crippen LogP contribution in [0, 0.1) is 0 Å². The summed E-state index contributed by atoms with van der Waals surface area (Å²) in [5, 5.41) is 5.03. The fraction of sp³-hybridized carbons (Fsp3) is 0.130. The molecule has 0 saturated heterocycles. The Balaban J connectivity index is 1.63. The highest BCUT2D eigenvalue weighted by atomic mass is 35.5. The Morgan fingerprint density at radius 3 is 2.47 bits per heavy atom. The van der Waals surface area contributed by atoms with E-state index >= 15 is 0 Å². The number of methoxy groups -OCH3 is 1. The van der Waals surface area contributed by atoms with Gasteiger partial charge in [-0.15, -0.1) is 0 Å². The third-order valence-electron chi connectivity index (χ3n) is 4.16. The van der Waals surface area contributed by atoms with Crippen LogP contribution in [0.5, 0.6) is 11.5 Å². The summed E-state index contributed by atoms with van der Waals surface area (Å²) in [6, 6.07) is 20.2. The maximum absolute atomic E-state index is 12.0. The number of halogens is 2. The Hall–Kier alpha value is -3.02. The second-order valence-corrected chi connectivity index (χ2v) is 7.25. The summed E-state index contributed by atoms with van der Waals surface area (Å²) in [7, 11) is 1.53. The smallest absolute Gasteiger partial charge is 0.244 e. The number of ether oxygens (including phenoxy) is 2. The predicted octanol–water partition coefficient (Wildman–Crippen LogP) is 5.27. The summed E-state index contributed by atoms with van der Waals surface area (Å²) >= 11 is 12.3. The first-order chi connectivity index (χ1) is 14.5.